The number of hydrogen-bond acceptors (Lipinski definition) is 2. The third-order valence-corrected chi connectivity index (χ3v) is 4.36. The molecule has 1 unspecified atom stereocenters. The SMILES string of the molecule is O=C(Cc1ccc(Br)cc1F)C1CNCc2ccccc21. The minimum absolute atomic E-state index is 0.0517. The van der Waals surface area contributed by atoms with Crippen LogP contribution < -0.4 is 5.32 Å². The first-order valence-corrected chi connectivity index (χ1v) is 7.69. The molecule has 4 heteroatoms. The molecule has 2 aromatic rings. The fraction of sp³-hybridized carbons (Fsp3) is 0.235. The van der Waals surface area contributed by atoms with Crippen LogP contribution in [0.1, 0.15) is 22.6 Å². The smallest absolute Gasteiger partial charge is 0.146 e. The van der Waals surface area contributed by atoms with Crippen LogP contribution in [0.5, 0.6) is 0 Å². The Balaban J connectivity index is 1.83. The summed E-state index contributed by atoms with van der Waals surface area (Å²) in [6, 6.07) is 12.8. The molecule has 0 saturated heterocycles. The molecule has 2 nitrogen and oxygen atoms in total. The molecule has 1 atom stereocenters. The minimum atomic E-state index is -0.338. The molecule has 0 spiro atoms. The highest BCUT2D eigenvalue weighted by Gasteiger charge is 2.26. The Morgan fingerprint density at radius 3 is 2.90 bits per heavy atom. The van der Waals surface area contributed by atoms with Crippen LogP contribution >= 0.6 is 15.9 Å². The Morgan fingerprint density at radius 1 is 1.29 bits per heavy atom. The van der Waals surface area contributed by atoms with Crippen LogP contribution in [-0.4, -0.2) is 12.3 Å². The number of ketones is 1. The van der Waals surface area contributed by atoms with E-state index in [0.717, 1.165) is 17.7 Å². The molecule has 21 heavy (non-hydrogen) atoms. The Morgan fingerprint density at radius 2 is 2.10 bits per heavy atom. The number of halogens is 2. The van der Waals surface area contributed by atoms with Crippen LogP contribution in [-0.2, 0) is 17.8 Å². The molecule has 0 aliphatic carbocycles. The van der Waals surface area contributed by atoms with Crippen molar-refractivity contribution in [1.82, 2.24) is 5.32 Å². The predicted octanol–water partition coefficient (Wildman–Crippen LogP) is 3.59. The Kier molecular flexibility index (Phi) is 4.17. The first-order chi connectivity index (χ1) is 10.1. The van der Waals surface area contributed by atoms with Gasteiger partial charge in [-0.3, -0.25) is 4.79 Å². The van der Waals surface area contributed by atoms with Crippen LogP contribution in [0.4, 0.5) is 4.39 Å². The normalized spacial score (nSPS) is 17.3. The van der Waals surface area contributed by atoms with Crippen LogP contribution in [0, 0.1) is 5.82 Å². The summed E-state index contributed by atoms with van der Waals surface area (Å²) >= 11 is 3.23. The molecule has 108 valence electrons. The third kappa shape index (κ3) is 3.06. The van der Waals surface area contributed by atoms with Crippen molar-refractivity contribution in [3.8, 4) is 0 Å². The van der Waals surface area contributed by atoms with E-state index in [0.29, 0.717) is 16.6 Å². The van der Waals surface area contributed by atoms with E-state index in [-0.39, 0.29) is 23.9 Å². The van der Waals surface area contributed by atoms with Crippen molar-refractivity contribution < 1.29 is 9.18 Å². The maximum Gasteiger partial charge on any atom is 0.146 e. The van der Waals surface area contributed by atoms with Gasteiger partial charge in [-0.15, -0.1) is 0 Å². The topological polar surface area (TPSA) is 29.1 Å². The quantitative estimate of drug-likeness (QED) is 0.919. The van der Waals surface area contributed by atoms with E-state index in [4.69, 9.17) is 0 Å². The lowest BCUT2D eigenvalue weighted by Crippen LogP contribution is -2.33. The van der Waals surface area contributed by atoms with Gasteiger partial charge in [-0.2, -0.15) is 0 Å². The molecular weight excluding hydrogens is 333 g/mol. The standard InChI is InChI=1S/C17H15BrFNO/c18-13-6-5-11(16(19)8-13)7-17(21)15-10-20-9-12-3-1-2-4-14(12)15/h1-6,8,15,20H,7,9-10H2. The van der Waals surface area contributed by atoms with E-state index in [1.54, 1.807) is 12.1 Å². The van der Waals surface area contributed by atoms with Gasteiger partial charge in [0.2, 0.25) is 0 Å². The van der Waals surface area contributed by atoms with E-state index < -0.39 is 0 Å². The fourth-order valence-electron chi connectivity index (χ4n) is 2.76. The van der Waals surface area contributed by atoms with Gasteiger partial charge in [0.05, 0.1) is 5.92 Å². The molecule has 0 aromatic heterocycles. The molecule has 3 rings (SSSR count). The second-order valence-electron chi connectivity index (χ2n) is 5.26. The van der Waals surface area contributed by atoms with Crippen LogP contribution in [0.15, 0.2) is 46.9 Å². The van der Waals surface area contributed by atoms with E-state index >= 15 is 0 Å². The molecule has 1 aliphatic rings. The Bertz CT molecular complexity index is 686. The molecule has 1 heterocycles. The van der Waals surface area contributed by atoms with Crippen molar-refractivity contribution >= 4 is 21.7 Å². The van der Waals surface area contributed by atoms with Gasteiger partial charge in [0.25, 0.3) is 0 Å². The monoisotopic (exact) mass is 347 g/mol. The second kappa shape index (κ2) is 6.08. The van der Waals surface area contributed by atoms with Gasteiger partial charge in [0.1, 0.15) is 11.6 Å². The van der Waals surface area contributed by atoms with Gasteiger partial charge < -0.3 is 5.32 Å². The molecule has 0 bridgehead atoms. The fourth-order valence-corrected chi connectivity index (χ4v) is 3.09. The predicted molar refractivity (Wildman–Crippen MR) is 83.7 cm³/mol. The van der Waals surface area contributed by atoms with Gasteiger partial charge >= 0.3 is 0 Å². The molecule has 1 aliphatic heterocycles. The zero-order chi connectivity index (χ0) is 14.8. The highest BCUT2D eigenvalue weighted by atomic mass is 79.9. The number of hydrogen-bond donors (Lipinski definition) is 1. The maximum absolute atomic E-state index is 13.9. The average Bonchev–Trinajstić information content (AvgIpc) is 2.49. The van der Waals surface area contributed by atoms with Gasteiger partial charge in [0, 0.05) is 24.0 Å². The lowest BCUT2D eigenvalue weighted by molar-refractivity contribution is -0.120. The first kappa shape index (κ1) is 14.4. The summed E-state index contributed by atoms with van der Waals surface area (Å²) < 4.78 is 14.6. The highest BCUT2D eigenvalue weighted by molar-refractivity contribution is 9.10. The summed E-state index contributed by atoms with van der Waals surface area (Å²) in [5.74, 6) is -0.483. The first-order valence-electron chi connectivity index (χ1n) is 6.90. The lowest BCUT2D eigenvalue weighted by atomic mass is 9.85. The summed E-state index contributed by atoms with van der Waals surface area (Å²) in [7, 11) is 0. The Hall–Kier alpha value is -1.52. The van der Waals surface area contributed by atoms with Crippen LogP contribution in [0.3, 0.4) is 0 Å². The highest BCUT2D eigenvalue weighted by Crippen LogP contribution is 2.26. The number of nitrogens with one attached hydrogen (secondary N) is 1. The van der Waals surface area contributed by atoms with Crippen molar-refractivity contribution in [2.45, 2.75) is 18.9 Å². The van der Waals surface area contributed by atoms with Gasteiger partial charge in [-0.1, -0.05) is 46.3 Å². The van der Waals surface area contributed by atoms with Crippen molar-refractivity contribution in [2.75, 3.05) is 6.54 Å². The zero-order valence-corrected chi connectivity index (χ0v) is 13.0. The van der Waals surface area contributed by atoms with Crippen molar-refractivity contribution in [2.24, 2.45) is 0 Å². The van der Waals surface area contributed by atoms with E-state index in [1.807, 2.05) is 24.3 Å². The van der Waals surface area contributed by atoms with E-state index in [1.165, 1.54) is 6.07 Å². The summed E-state index contributed by atoms with van der Waals surface area (Å²) in [6.45, 7) is 1.40. The van der Waals surface area contributed by atoms with Crippen molar-refractivity contribution in [3.05, 3.63) is 69.4 Å². The molecule has 0 saturated carbocycles. The number of benzene rings is 2. The number of carbonyl (C=O) groups excluding carboxylic acids is 1. The molecule has 1 N–H and O–H groups in total. The number of rotatable bonds is 3. The average molecular weight is 348 g/mol. The zero-order valence-electron chi connectivity index (χ0n) is 11.4. The van der Waals surface area contributed by atoms with Crippen molar-refractivity contribution in [1.29, 1.82) is 0 Å². The largest absolute Gasteiger partial charge is 0.312 e. The van der Waals surface area contributed by atoms with E-state index in [9.17, 15) is 9.18 Å². The number of Topliss-reactive ketones (excluding diaryl/α,β-unsaturated/α-hetero) is 1. The second-order valence-corrected chi connectivity index (χ2v) is 6.18. The molecular formula is C17H15BrFNO. The summed E-state index contributed by atoms with van der Waals surface area (Å²) in [6.07, 6.45) is 0.125. The minimum Gasteiger partial charge on any atom is -0.312 e. The number of fused-ring (bicyclic) bond motifs is 1. The lowest BCUT2D eigenvalue weighted by Gasteiger charge is -2.25. The van der Waals surface area contributed by atoms with Crippen LogP contribution in [0.25, 0.3) is 0 Å². The molecule has 2 aromatic carbocycles. The maximum atomic E-state index is 13.9. The van der Waals surface area contributed by atoms with Gasteiger partial charge in [-0.05, 0) is 28.8 Å². The third-order valence-electron chi connectivity index (χ3n) is 3.86. The van der Waals surface area contributed by atoms with Crippen LogP contribution in [0.2, 0.25) is 0 Å². The molecule has 0 radical (unpaired) electrons. The van der Waals surface area contributed by atoms with Crippen molar-refractivity contribution in [3.63, 3.8) is 0 Å². The van der Waals surface area contributed by atoms with Gasteiger partial charge in [-0.25, -0.2) is 4.39 Å². The Labute approximate surface area is 131 Å². The van der Waals surface area contributed by atoms with Gasteiger partial charge in [0.15, 0.2) is 0 Å². The van der Waals surface area contributed by atoms with E-state index in [2.05, 4.69) is 21.2 Å². The summed E-state index contributed by atoms with van der Waals surface area (Å²) in [4.78, 5) is 12.5. The molecule has 0 fully saturated rings. The number of carbonyl (C=O) groups is 1. The summed E-state index contributed by atoms with van der Waals surface area (Å²) in [5.41, 5.74) is 2.67. The molecule has 0 amide bonds. The summed E-state index contributed by atoms with van der Waals surface area (Å²) in [5, 5.41) is 3.26.